The zero-order valence-corrected chi connectivity index (χ0v) is 12.1. The number of benzene rings is 1. The highest BCUT2D eigenvalue weighted by molar-refractivity contribution is 5.70. The second-order valence-electron chi connectivity index (χ2n) is 5.14. The van der Waals surface area contributed by atoms with Crippen LogP contribution in [0.15, 0.2) is 30.3 Å². The molecule has 104 valence electrons. The molecular weight excluding hydrogens is 238 g/mol. The van der Waals surface area contributed by atoms with Crippen LogP contribution in [0.4, 0.5) is 0 Å². The molecule has 0 bridgehead atoms. The van der Waals surface area contributed by atoms with E-state index in [1.54, 1.807) is 0 Å². The zero-order valence-electron chi connectivity index (χ0n) is 12.1. The number of ether oxygens (including phenoxy) is 1. The van der Waals surface area contributed by atoms with Crippen LogP contribution in [0.25, 0.3) is 0 Å². The minimum atomic E-state index is -0.482. The Bertz CT molecular complexity index is 432. The molecule has 0 saturated carbocycles. The Balaban J connectivity index is 2.37. The topological polar surface area (TPSA) is 29.5 Å². The lowest BCUT2D eigenvalue weighted by Gasteiger charge is -2.36. The standard InChI is InChI=1S/C16H23NO2/c1-4-15(18)19-16(14-9-7-6-8-10-14)11-12-17(5-2)13(16)3/h6-10,13H,4-5,11-12H2,1-3H3/t13-,16-/m0/s1. The number of likely N-dealkylation sites (N-methyl/N-ethyl adjacent to an activating group) is 1. The number of carbonyl (C=O) groups excluding carboxylic acids is 1. The summed E-state index contributed by atoms with van der Waals surface area (Å²) in [5, 5.41) is 0. The van der Waals surface area contributed by atoms with Gasteiger partial charge in [-0.15, -0.1) is 0 Å². The van der Waals surface area contributed by atoms with E-state index in [0.29, 0.717) is 6.42 Å². The lowest BCUT2D eigenvalue weighted by atomic mass is 9.87. The first-order valence-electron chi connectivity index (χ1n) is 7.15. The van der Waals surface area contributed by atoms with Gasteiger partial charge in [-0.05, 0) is 19.0 Å². The molecule has 1 fully saturated rings. The molecular formula is C16H23NO2. The van der Waals surface area contributed by atoms with Crippen LogP contribution in [0, 0.1) is 0 Å². The van der Waals surface area contributed by atoms with Gasteiger partial charge < -0.3 is 4.74 Å². The lowest BCUT2D eigenvalue weighted by molar-refractivity contribution is -0.163. The van der Waals surface area contributed by atoms with Gasteiger partial charge in [0.1, 0.15) is 0 Å². The second-order valence-corrected chi connectivity index (χ2v) is 5.14. The molecule has 3 nitrogen and oxygen atoms in total. The van der Waals surface area contributed by atoms with Crippen molar-refractivity contribution in [3.05, 3.63) is 35.9 Å². The van der Waals surface area contributed by atoms with Crippen LogP contribution in [-0.2, 0) is 15.1 Å². The normalized spacial score (nSPS) is 27.4. The number of hydrogen-bond acceptors (Lipinski definition) is 3. The fourth-order valence-corrected chi connectivity index (χ4v) is 3.02. The van der Waals surface area contributed by atoms with Crippen LogP contribution in [0.1, 0.15) is 39.2 Å². The highest BCUT2D eigenvalue weighted by Crippen LogP contribution is 2.41. The third-order valence-corrected chi connectivity index (χ3v) is 4.25. The Morgan fingerprint density at radius 1 is 1.37 bits per heavy atom. The van der Waals surface area contributed by atoms with E-state index in [2.05, 4.69) is 30.9 Å². The Kier molecular flexibility index (Phi) is 4.25. The summed E-state index contributed by atoms with van der Waals surface area (Å²) in [7, 11) is 0. The van der Waals surface area contributed by atoms with Crippen LogP contribution in [-0.4, -0.2) is 30.0 Å². The average molecular weight is 261 g/mol. The first kappa shape index (κ1) is 14.1. The number of rotatable bonds is 4. The number of esters is 1. The molecule has 2 atom stereocenters. The molecule has 0 amide bonds. The van der Waals surface area contributed by atoms with Gasteiger partial charge in [-0.2, -0.15) is 0 Å². The molecule has 0 spiro atoms. The van der Waals surface area contributed by atoms with Gasteiger partial charge in [0.15, 0.2) is 5.60 Å². The smallest absolute Gasteiger partial charge is 0.306 e. The molecule has 1 aliphatic rings. The highest BCUT2D eigenvalue weighted by atomic mass is 16.6. The van der Waals surface area contributed by atoms with Gasteiger partial charge in [-0.3, -0.25) is 9.69 Å². The van der Waals surface area contributed by atoms with Crippen LogP contribution in [0.5, 0.6) is 0 Å². The minimum absolute atomic E-state index is 0.117. The quantitative estimate of drug-likeness (QED) is 0.780. The van der Waals surface area contributed by atoms with E-state index in [1.807, 2.05) is 25.1 Å². The molecule has 1 aromatic carbocycles. The van der Waals surface area contributed by atoms with Crippen LogP contribution in [0.2, 0.25) is 0 Å². The molecule has 0 aliphatic carbocycles. The summed E-state index contributed by atoms with van der Waals surface area (Å²) in [5.41, 5.74) is 0.630. The molecule has 0 aromatic heterocycles. The van der Waals surface area contributed by atoms with Gasteiger partial charge >= 0.3 is 5.97 Å². The van der Waals surface area contributed by atoms with Crippen LogP contribution in [0.3, 0.4) is 0 Å². The Hall–Kier alpha value is -1.35. The molecule has 1 aromatic rings. The molecule has 2 rings (SSSR count). The van der Waals surface area contributed by atoms with E-state index >= 15 is 0 Å². The van der Waals surface area contributed by atoms with E-state index in [-0.39, 0.29) is 12.0 Å². The van der Waals surface area contributed by atoms with Gasteiger partial charge in [0.2, 0.25) is 0 Å². The Morgan fingerprint density at radius 3 is 2.58 bits per heavy atom. The predicted octanol–water partition coefficient (Wildman–Crippen LogP) is 2.95. The van der Waals surface area contributed by atoms with Crippen molar-refractivity contribution in [3.8, 4) is 0 Å². The summed E-state index contributed by atoms with van der Waals surface area (Å²) in [4.78, 5) is 14.2. The SMILES string of the molecule is CCC(=O)O[C@@]1(c2ccccc2)CCN(CC)[C@H]1C. The Labute approximate surface area is 115 Å². The van der Waals surface area contributed by atoms with Gasteiger partial charge in [0.05, 0.1) is 6.04 Å². The summed E-state index contributed by atoms with van der Waals surface area (Å²) in [5.74, 6) is -0.117. The van der Waals surface area contributed by atoms with E-state index in [9.17, 15) is 4.79 Å². The number of carbonyl (C=O) groups is 1. The van der Waals surface area contributed by atoms with E-state index in [1.165, 1.54) is 0 Å². The van der Waals surface area contributed by atoms with Crippen molar-refractivity contribution in [2.75, 3.05) is 13.1 Å². The van der Waals surface area contributed by atoms with Gasteiger partial charge in [0.25, 0.3) is 0 Å². The van der Waals surface area contributed by atoms with Crippen molar-refractivity contribution in [1.82, 2.24) is 4.90 Å². The van der Waals surface area contributed by atoms with E-state index < -0.39 is 5.60 Å². The zero-order chi connectivity index (χ0) is 13.9. The molecule has 1 heterocycles. The number of likely N-dealkylation sites (tertiary alicyclic amines) is 1. The first-order chi connectivity index (χ1) is 9.14. The van der Waals surface area contributed by atoms with Crippen molar-refractivity contribution in [3.63, 3.8) is 0 Å². The fraction of sp³-hybridized carbons (Fsp3) is 0.562. The fourth-order valence-electron chi connectivity index (χ4n) is 3.02. The largest absolute Gasteiger partial charge is 0.452 e. The monoisotopic (exact) mass is 261 g/mol. The molecule has 0 radical (unpaired) electrons. The molecule has 1 saturated heterocycles. The predicted molar refractivity (Wildman–Crippen MR) is 75.8 cm³/mol. The van der Waals surface area contributed by atoms with E-state index in [4.69, 9.17) is 4.74 Å². The maximum Gasteiger partial charge on any atom is 0.306 e. The van der Waals surface area contributed by atoms with Crippen LogP contribution >= 0.6 is 0 Å². The average Bonchev–Trinajstić information content (AvgIpc) is 2.77. The highest BCUT2D eigenvalue weighted by Gasteiger charge is 2.48. The van der Waals surface area contributed by atoms with Crippen LogP contribution < -0.4 is 0 Å². The van der Waals surface area contributed by atoms with Crippen molar-refractivity contribution in [1.29, 1.82) is 0 Å². The summed E-state index contributed by atoms with van der Waals surface area (Å²) in [6, 6.07) is 10.4. The molecule has 19 heavy (non-hydrogen) atoms. The van der Waals surface area contributed by atoms with E-state index in [0.717, 1.165) is 25.1 Å². The third kappa shape index (κ3) is 2.52. The summed E-state index contributed by atoms with van der Waals surface area (Å²) in [6.45, 7) is 8.12. The van der Waals surface area contributed by atoms with Crippen molar-refractivity contribution >= 4 is 5.97 Å². The number of nitrogens with zero attached hydrogens (tertiary/aromatic N) is 1. The van der Waals surface area contributed by atoms with Crippen molar-refractivity contribution in [2.24, 2.45) is 0 Å². The summed E-state index contributed by atoms with van der Waals surface area (Å²) in [6.07, 6.45) is 1.30. The van der Waals surface area contributed by atoms with Crippen molar-refractivity contribution in [2.45, 2.75) is 45.3 Å². The maximum atomic E-state index is 11.8. The minimum Gasteiger partial charge on any atom is -0.452 e. The van der Waals surface area contributed by atoms with Gasteiger partial charge in [-0.1, -0.05) is 44.2 Å². The van der Waals surface area contributed by atoms with Gasteiger partial charge in [-0.25, -0.2) is 0 Å². The Morgan fingerprint density at radius 2 is 2.05 bits per heavy atom. The molecule has 3 heteroatoms. The molecule has 0 N–H and O–H groups in total. The summed E-state index contributed by atoms with van der Waals surface area (Å²) < 4.78 is 5.90. The van der Waals surface area contributed by atoms with Gasteiger partial charge in [0, 0.05) is 19.4 Å². The molecule has 0 unspecified atom stereocenters. The number of hydrogen-bond donors (Lipinski definition) is 0. The second kappa shape index (κ2) is 5.74. The maximum absolute atomic E-state index is 11.8. The summed E-state index contributed by atoms with van der Waals surface area (Å²) >= 11 is 0. The third-order valence-electron chi connectivity index (χ3n) is 4.25. The molecule has 1 aliphatic heterocycles. The van der Waals surface area contributed by atoms with Crippen molar-refractivity contribution < 1.29 is 9.53 Å². The lowest BCUT2D eigenvalue weighted by Crippen LogP contribution is -2.43. The first-order valence-corrected chi connectivity index (χ1v) is 7.15.